The van der Waals surface area contributed by atoms with Crippen molar-refractivity contribution in [1.29, 1.82) is 0 Å². The van der Waals surface area contributed by atoms with Gasteiger partial charge in [0.15, 0.2) is 0 Å². The number of nitrogens with zero attached hydrogens (tertiary/aromatic N) is 2. The lowest BCUT2D eigenvalue weighted by molar-refractivity contribution is -0.140. The van der Waals surface area contributed by atoms with Crippen LogP contribution in [0.15, 0.2) is 0 Å². The Labute approximate surface area is 127 Å². The van der Waals surface area contributed by atoms with Gasteiger partial charge in [0, 0.05) is 19.6 Å². The smallest absolute Gasteiger partial charge is 0.326 e. The van der Waals surface area contributed by atoms with Gasteiger partial charge in [-0.1, -0.05) is 20.3 Å². The van der Waals surface area contributed by atoms with Crippen molar-refractivity contribution in [2.24, 2.45) is 11.8 Å². The third-order valence-corrected chi connectivity index (χ3v) is 4.28. The van der Waals surface area contributed by atoms with Crippen LogP contribution in [-0.4, -0.2) is 66.7 Å². The monoisotopic (exact) mass is 299 g/mol. The number of carbonyl (C=O) groups is 2. The third kappa shape index (κ3) is 5.53. The van der Waals surface area contributed by atoms with Crippen molar-refractivity contribution in [3.05, 3.63) is 0 Å². The van der Waals surface area contributed by atoms with E-state index in [1.54, 1.807) is 4.90 Å². The van der Waals surface area contributed by atoms with Crippen molar-refractivity contribution in [1.82, 2.24) is 15.1 Å². The summed E-state index contributed by atoms with van der Waals surface area (Å²) in [4.78, 5) is 27.4. The fourth-order valence-corrected chi connectivity index (χ4v) is 2.74. The zero-order chi connectivity index (χ0) is 16.0. The first-order valence-corrected chi connectivity index (χ1v) is 7.78. The Kier molecular flexibility index (Phi) is 6.95. The molecule has 1 aliphatic heterocycles. The first-order valence-electron chi connectivity index (χ1n) is 7.78. The molecule has 2 N–H and O–H groups in total. The van der Waals surface area contributed by atoms with Gasteiger partial charge in [0.2, 0.25) is 0 Å². The van der Waals surface area contributed by atoms with E-state index in [2.05, 4.69) is 24.3 Å². The second kappa shape index (κ2) is 8.22. The molecular weight excluding hydrogens is 270 g/mol. The standard InChI is InChI=1S/C15H29N3O3/c1-5-11(2)13(14(19)20)16-15(21)18-8-6-12(7-9-18)10-17(3)4/h11-13H,5-10H2,1-4H3,(H,16,21)(H,19,20)/t11-,13-/m0/s1. The molecule has 1 saturated heterocycles. The summed E-state index contributed by atoms with van der Waals surface area (Å²) >= 11 is 0. The molecule has 0 unspecified atom stereocenters. The van der Waals surface area contributed by atoms with Gasteiger partial charge in [0.25, 0.3) is 0 Å². The normalized spacial score (nSPS) is 19.4. The highest BCUT2D eigenvalue weighted by Crippen LogP contribution is 2.18. The molecule has 0 aromatic carbocycles. The number of urea groups is 1. The van der Waals surface area contributed by atoms with Gasteiger partial charge in [-0.2, -0.15) is 0 Å². The lowest BCUT2D eigenvalue weighted by atomic mass is 9.96. The van der Waals surface area contributed by atoms with E-state index in [1.807, 2.05) is 13.8 Å². The van der Waals surface area contributed by atoms with Crippen molar-refractivity contribution in [3.63, 3.8) is 0 Å². The number of likely N-dealkylation sites (tertiary alicyclic amines) is 1. The van der Waals surface area contributed by atoms with Crippen LogP contribution in [0.5, 0.6) is 0 Å². The van der Waals surface area contributed by atoms with Gasteiger partial charge in [-0.15, -0.1) is 0 Å². The number of rotatable bonds is 6. The predicted octanol–water partition coefficient (Wildman–Crippen LogP) is 1.47. The first kappa shape index (κ1) is 17.8. The van der Waals surface area contributed by atoms with E-state index in [0.29, 0.717) is 19.0 Å². The maximum Gasteiger partial charge on any atom is 0.326 e. The van der Waals surface area contributed by atoms with E-state index < -0.39 is 12.0 Å². The van der Waals surface area contributed by atoms with Crippen LogP contribution in [0.25, 0.3) is 0 Å². The minimum absolute atomic E-state index is 0.0715. The van der Waals surface area contributed by atoms with Crippen LogP contribution in [0.4, 0.5) is 4.79 Å². The molecule has 0 aromatic rings. The predicted molar refractivity (Wildman–Crippen MR) is 82.3 cm³/mol. The summed E-state index contributed by atoms with van der Waals surface area (Å²) in [5.41, 5.74) is 0. The molecule has 0 bridgehead atoms. The number of hydrogen-bond acceptors (Lipinski definition) is 3. The number of carboxylic acids is 1. The van der Waals surface area contributed by atoms with Crippen molar-refractivity contribution >= 4 is 12.0 Å². The molecule has 0 aromatic heterocycles. The molecule has 1 rings (SSSR count). The van der Waals surface area contributed by atoms with Crippen molar-refractivity contribution in [2.45, 2.75) is 39.2 Å². The molecule has 0 radical (unpaired) electrons. The average Bonchev–Trinajstić information content (AvgIpc) is 2.43. The number of carboxylic acid groups (broad SMARTS) is 1. The molecule has 0 aliphatic carbocycles. The summed E-state index contributed by atoms with van der Waals surface area (Å²) in [7, 11) is 4.12. The SMILES string of the molecule is CC[C@H](C)[C@H](NC(=O)N1CCC(CN(C)C)CC1)C(=O)O. The summed E-state index contributed by atoms with van der Waals surface area (Å²) < 4.78 is 0. The number of carbonyl (C=O) groups excluding carboxylic acids is 1. The average molecular weight is 299 g/mol. The van der Waals surface area contributed by atoms with Crippen molar-refractivity contribution in [2.75, 3.05) is 33.7 Å². The summed E-state index contributed by atoms with van der Waals surface area (Å²) in [6.07, 6.45) is 2.68. The van der Waals surface area contributed by atoms with Crippen LogP contribution in [0.1, 0.15) is 33.1 Å². The summed E-state index contributed by atoms with van der Waals surface area (Å²) in [6, 6.07) is -1.05. The van der Waals surface area contributed by atoms with E-state index in [0.717, 1.165) is 25.8 Å². The molecular formula is C15H29N3O3. The largest absolute Gasteiger partial charge is 0.480 e. The van der Waals surface area contributed by atoms with E-state index in [1.165, 1.54) is 0 Å². The maximum absolute atomic E-state index is 12.2. The quantitative estimate of drug-likeness (QED) is 0.779. The highest BCUT2D eigenvalue weighted by atomic mass is 16.4. The Hall–Kier alpha value is -1.30. The molecule has 6 heteroatoms. The van der Waals surface area contributed by atoms with Crippen LogP contribution in [0.3, 0.4) is 0 Å². The van der Waals surface area contributed by atoms with Gasteiger partial charge in [-0.05, 0) is 38.8 Å². The van der Waals surface area contributed by atoms with Gasteiger partial charge in [0.05, 0.1) is 0 Å². The van der Waals surface area contributed by atoms with Gasteiger partial charge in [0.1, 0.15) is 6.04 Å². The van der Waals surface area contributed by atoms with Gasteiger partial charge < -0.3 is 20.2 Å². The van der Waals surface area contributed by atoms with Gasteiger partial charge in [-0.3, -0.25) is 0 Å². The molecule has 2 atom stereocenters. The van der Waals surface area contributed by atoms with Crippen molar-refractivity contribution < 1.29 is 14.7 Å². The third-order valence-electron chi connectivity index (χ3n) is 4.28. The molecule has 2 amide bonds. The Morgan fingerprint density at radius 2 is 1.90 bits per heavy atom. The molecule has 1 aliphatic rings. The fraction of sp³-hybridized carbons (Fsp3) is 0.867. The van der Waals surface area contributed by atoms with Crippen LogP contribution in [0.2, 0.25) is 0 Å². The molecule has 6 nitrogen and oxygen atoms in total. The molecule has 122 valence electrons. The lowest BCUT2D eigenvalue weighted by Crippen LogP contribution is -2.52. The Bertz CT molecular complexity index is 352. The molecule has 1 fully saturated rings. The number of hydrogen-bond donors (Lipinski definition) is 2. The number of piperidine rings is 1. The van der Waals surface area contributed by atoms with Crippen LogP contribution < -0.4 is 5.32 Å². The highest BCUT2D eigenvalue weighted by molar-refractivity contribution is 5.82. The summed E-state index contributed by atoms with van der Waals surface area (Å²) in [5, 5.41) is 11.9. The van der Waals surface area contributed by atoms with E-state index in [4.69, 9.17) is 0 Å². The van der Waals surface area contributed by atoms with Crippen LogP contribution >= 0.6 is 0 Å². The Morgan fingerprint density at radius 3 is 2.33 bits per heavy atom. The molecule has 1 heterocycles. The van der Waals surface area contributed by atoms with Crippen LogP contribution in [-0.2, 0) is 4.79 Å². The minimum atomic E-state index is -0.958. The Morgan fingerprint density at radius 1 is 1.33 bits per heavy atom. The zero-order valence-corrected chi connectivity index (χ0v) is 13.6. The van der Waals surface area contributed by atoms with Gasteiger partial charge in [-0.25, -0.2) is 9.59 Å². The number of aliphatic carboxylic acids is 1. The first-order chi connectivity index (χ1) is 9.85. The van der Waals surface area contributed by atoms with Crippen LogP contribution in [0, 0.1) is 11.8 Å². The zero-order valence-electron chi connectivity index (χ0n) is 13.6. The van der Waals surface area contributed by atoms with Gasteiger partial charge >= 0.3 is 12.0 Å². The maximum atomic E-state index is 12.2. The second-order valence-electron chi connectivity index (χ2n) is 6.34. The van der Waals surface area contributed by atoms with E-state index >= 15 is 0 Å². The molecule has 21 heavy (non-hydrogen) atoms. The summed E-state index contributed by atoms with van der Waals surface area (Å²) in [6.45, 7) is 6.23. The molecule has 0 saturated carbocycles. The van der Waals surface area contributed by atoms with Crippen molar-refractivity contribution in [3.8, 4) is 0 Å². The minimum Gasteiger partial charge on any atom is -0.480 e. The van der Waals surface area contributed by atoms with E-state index in [9.17, 15) is 14.7 Å². The summed E-state index contributed by atoms with van der Waals surface area (Å²) in [5.74, 6) is -0.410. The number of nitrogens with one attached hydrogen (secondary N) is 1. The highest BCUT2D eigenvalue weighted by Gasteiger charge is 2.29. The number of amides is 2. The molecule has 0 spiro atoms. The Balaban J connectivity index is 2.48. The second-order valence-corrected chi connectivity index (χ2v) is 6.34. The topological polar surface area (TPSA) is 72.9 Å². The fourth-order valence-electron chi connectivity index (χ4n) is 2.74. The van der Waals surface area contributed by atoms with E-state index in [-0.39, 0.29) is 11.9 Å². The lowest BCUT2D eigenvalue weighted by Gasteiger charge is -2.34.